The molecule has 1 aliphatic rings. The van der Waals surface area contributed by atoms with Crippen molar-refractivity contribution in [2.24, 2.45) is 0 Å². The molecule has 15 heavy (non-hydrogen) atoms. The smallest absolute Gasteiger partial charge is 0.333 e. The number of aromatic nitrogens is 2. The summed E-state index contributed by atoms with van der Waals surface area (Å²) in [6.07, 6.45) is 4.32. The van der Waals surface area contributed by atoms with Crippen LogP contribution >= 0.6 is 0 Å². The zero-order valence-electron chi connectivity index (χ0n) is 8.54. The molecule has 2 heterocycles. The lowest BCUT2D eigenvalue weighted by Gasteiger charge is -2.20. The predicted molar refractivity (Wildman–Crippen MR) is 53.6 cm³/mol. The lowest BCUT2D eigenvalue weighted by atomic mass is 10.2. The Hall–Kier alpha value is -1.75. The summed E-state index contributed by atoms with van der Waals surface area (Å²) >= 11 is 0. The van der Waals surface area contributed by atoms with Crippen LogP contribution in [0.25, 0.3) is 5.57 Å². The molecule has 78 valence electrons. The molecular weight excluding hydrogens is 194 g/mol. The summed E-state index contributed by atoms with van der Waals surface area (Å²) in [7, 11) is 3.67. The third kappa shape index (κ3) is 1.87. The van der Waals surface area contributed by atoms with E-state index in [1.165, 1.54) is 6.08 Å². The zero-order valence-corrected chi connectivity index (χ0v) is 8.54. The molecule has 0 spiro atoms. The maximum Gasteiger partial charge on any atom is 0.333 e. The lowest BCUT2D eigenvalue weighted by Crippen LogP contribution is -2.30. The number of carbonyl (C=O) groups excluding carboxylic acids is 1. The monoisotopic (exact) mass is 205 g/mol. The van der Waals surface area contributed by atoms with Crippen molar-refractivity contribution in [3.63, 3.8) is 0 Å². The first kappa shape index (κ1) is 9.79. The average molecular weight is 205 g/mol. The minimum atomic E-state index is -0.389. The molecule has 0 saturated heterocycles. The lowest BCUT2D eigenvalue weighted by molar-refractivity contribution is -0.143. The Balaban J connectivity index is 2.35. The van der Waals surface area contributed by atoms with Gasteiger partial charge >= 0.3 is 5.97 Å². The zero-order chi connectivity index (χ0) is 10.8. The number of nitrogens with zero attached hydrogens (tertiary/aromatic N) is 3. The molecule has 0 aliphatic carbocycles. The highest BCUT2D eigenvalue weighted by Crippen LogP contribution is 2.24. The molecule has 5 nitrogen and oxygen atoms in total. The van der Waals surface area contributed by atoms with Gasteiger partial charge in [-0.15, -0.1) is 0 Å². The van der Waals surface area contributed by atoms with E-state index in [1.807, 2.05) is 14.1 Å². The van der Waals surface area contributed by atoms with Crippen molar-refractivity contribution in [1.82, 2.24) is 14.9 Å². The van der Waals surface area contributed by atoms with Gasteiger partial charge in [-0.1, -0.05) is 0 Å². The highest BCUT2D eigenvalue weighted by atomic mass is 16.6. The van der Waals surface area contributed by atoms with Crippen molar-refractivity contribution in [2.45, 2.75) is 6.23 Å². The van der Waals surface area contributed by atoms with E-state index in [4.69, 9.17) is 4.74 Å². The molecule has 1 aliphatic heterocycles. The number of carbonyl (C=O) groups is 1. The predicted octanol–water partition coefficient (Wildman–Crippen LogP) is 0.304. The standard InChI is InChI=1S/C10H11N3O2/c1-13(2)10-7(6-8(14)15-10)9-11-4-3-5-12-9/h3-6,10H,1-2H3. The Labute approximate surface area is 87.4 Å². The molecule has 0 radical (unpaired) electrons. The van der Waals surface area contributed by atoms with Gasteiger partial charge in [0.05, 0.1) is 5.57 Å². The van der Waals surface area contributed by atoms with Gasteiger partial charge in [-0.3, -0.25) is 4.90 Å². The summed E-state index contributed by atoms with van der Waals surface area (Å²) < 4.78 is 5.10. The summed E-state index contributed by atoms with van der Waals surface area (Å²) in [5.74, 6) is 0.179. The van der Waals surface area contributed by atoms with Crippen LogP contribution < -0.4 is 0 Å². The molecule has 1 atom stereocenters. The first-order valence-electron chi connectivity index (χ1n) is 4.54. The first-order chi connectivity index (χ1) is 7.18. The van der Waals surface area contributed by atoms with Crippen molar-refractivity contribution >= 4 is 11.5 Å². The van der Waals surface area contributed by atoms with Gasteiger partial charge in [-0.25, -0.2) is 14.8 Å². The van der Waals surface area contributed by atoms with Crippen molar-refractivity contribution < 1.29 is 9.53 Å². The van der Waals surface area contributed by atoms with E-state index in [0.717, 1.165) is 0 Å². The number of esters is 1. The van der Waals surface area contributed by atoms with Gasteiger partial charge in [0.2, 0.25) is 0 Å². The van der Waals surface area contributed by atoms with Gasteiger partial charge in [0.15, 0.2) is 12.1 Å². The summed E-state index contributed by atoms with van der Waals surface area (Å²) in [4.78, 5) is 21.1. The molecule has 0 aromatic carbocycles. The molecule has 0 fully saturated rings. The summed E-state index contributed by atoms with van der Waals surface area (Å²) in [6, 6.07) is 1.73. The normalized spacial score (nSPS) is 20.3. The third-order valence-electron chi connectivity index (χ3n) is 2.06. The van der Waals surface area contributed by atoms with E-state index in [1.54, 1.807) is 23.4 Å². The van der Waals surface area contributed by atoms with Gasteiger partial charge in [0.1, 0.15) is 0 Å². The fourth-order valence-electron chi connectivity index (χ4n) is 1.41. The van der Waals surface area contributed by atoms with Crippen LogP contribution in [0, 0.1) is 0 Å². The molecule has 0 saturated carbocycles. The number of likely N-dealkylation sites (N-methyl/N-ethyl adjacent to an activating group) is 1. The molecule has 1 aromatic heterocycles. The molecule has 1 aromatic rings. The molecule has 2 rings (SSSR count). The van der Waals surface area contributed by atoms with Gasteiger partial charge in [0.25, 0.3) is 0 Å². The Kier molecular flexibility index (Phi) is 2.47. The number of rotatable bonds is 2. The maximum absolute atomic E-state index is 11.2. The van der Waals surface area contributed by atoms with Gasteiger partial charge < -0.3 is 4.74 Å². The van der Waals surface area contributed by atoms with Crippen molar-refractivity contribution in [2.75, 3.05) is 14.1 Å². The topological polar surface area (TPSA) is 55.3 Å². The largest absolute Gasteiger partial charge is 0.439 e. The van der Waals surface area contributed by atoms with Crippen LogP contribution in [0.1, 0.15) is 5.82 Å². The van der Waals surface area contributed by atoms with E-state index in [0.29, 0.717) is 11.4 Å². The van der Waals surface area contributed by atoms with E-state index in [2.05, 4.69) is 9.97 Å². The summed E-state index contributed by atoms with van der Waals surface area (Å²) in [6.45, 7) is 0. The van der Waals surface area contributed by atoms with Crippen molar-refractivity contribution in [1.29, 1.82) is 0 Å². The first-order valence-corrected chi connectivity index (χ1v) is 4.54. The molecule has 5 heteroatoms. The Bertz CT molecular complexity index is 400. The van der Waals surface area contributed by atoms with Gasteiger partial charge in [-0.2, -0.15) is 0 Å². The van der Waals surface area contributed by atoms with Crippen LogP contribution in [-0.4, -0.2) is 41.2 Å². The number of hydrogen-bond donors (Lipinski definition) is 0. The highest BCUT2D eigenvalue weighted by molar-refractivity contribution is 5.95. The number of hydrogen-bond acceptors (Lipinski definition) is 5. The van der Waals surface area contributed by atoms with E-state index < -0.39 is 0 Å². The second-order valence-electron chi connectivity index (χ2n) is 3.42. The molecule has 0 bridgehead atoms. The van der Waals surface area contributed by atoms with Crippen LogP contribution in [0.15, 0.2) is 24.5 Å². The molecule has 1 unspecified atom stereocenters. The third-order valence-corrected chi connectivity index (χ3v) is 2.06. The quantitative estimate of drug-likeness (QED) is 0.650. The van der Waals surface area contributed by atoms with Crippen LogP contribution in [0.3, 0.4) is 0 Å². The van der Waals surface area contributed by atoms with Crippen molar-refractivity contribution in [3.05, 3.63) is 30.4 Å². The second-order valence-corrected chi connectivity index (χ2v) is 3.42. The van der Waals surface area contributed by atoms with Crippen molar-refractivity contribution in [3.8, 4) is 0 Å². The molecular formula is C10H11N3O2. The van der Waals surface area contributed by atoms with Crippen LogP contribution in [0.2, 0.25) is 0 Å². The Morgan fingerprint density at radius 3 is 2.60 bits per heavy atom. The minimum Gasteiger partial charge on any atom is -0.439 e. The summed E-state index contributed by atoms with van der Waals surface area (Å²) in [5, 5.41) is 0. The number of cyclic esters (lactones) is 1. The van der Waals surface area contributed by atoms with Crippen LogP contribution in [0.4, 0.5) is 0 Å². The Morgan fingerprint density at radius 1 is 1.33 bits per heavy atom. The SMILES string of the molecule is CN(C)C1OC(=O)C=C1c1ncccn1. The fraction of sp³-hybridized carbons (Fsp3) is 0.300. The maximum atomic E-state index is 11.2. The van der Waals surface area contributed by atoms with E-state index in [-0.39, 0.29) is 12.2 Å². The van der Waals surface area contributed by atoms with Gasteiger partial charge in [-0.05, 0) is 20.2 Å². The fourth-order valence-corrected chi connectivity index (χ4v) is 1.41. The highest BCUT2D eigenvalue weighted by Gasteiger charge is 2.30. The van der Waals surface area contributed by atoms with E-state index in [9.17, 15) is 4.79 Å². The van der Waals surface area contributed by atoms with Crippen LogP contribution in [-0.2, 0) is 9.53 Å². The molecule has 0 N–H and O–H groups in total. The van der Waals surface area contributed by atoms with Crippen LogP contribution in [0.5, 0.6) is 0 Å². The van der Waals surface area contributed by atoms with Gasteiger partial charge in [0, 0.05) is 18.5 Å². The minimum absolute atomic E-state index is 0.351. The Morgan fingerprint density at radius 2 is 2.00 bits per heavy atom. The molecule has 0 amide bonds. The average Bonchev–Trinajstić information content (AvgIpc) is 2.62. The summed E-state index contributed by atoms with van der Waals surface area (Å²) in [5.41, 5.74) is 0.700. The van der Waals surface area contributed by atoms with E-state index >= 15 is 0 Å². The number of ether oxygens (including phenoxy) is 1. The second kappa shape index (κ2) is 3.78.